The third kappa shape index (κ3) is 4.85. The molecule has 1 saturated heterocycles. The second-order valence-electron chi connectivity index (χ2n) is 9.96. The van der Waals surface area contributed by atoms with E-state index >= 15 is 0 Å². The summed E-state index contributed by atoms with van der Waals surface area (Å²) in [5, 5.41) is 4.87. The van der Waals surface area contributed by atoms with Crippen LogP contribution in [0.3, 0.4) is 0 Å². The second-order valence-corrected chi connectivity index (χ2v) is 11.0. The zero-order valence-corrected chi connectivity index (χ0v) is 22.5. The summed E-state index contributed by atoms with van der Waals surface area (Å²) in [5.41, 5.74) is 5.36. The number of aryl methyl sites for hydroxylation is 1. The van der Waals surface area contributed by atoms with Crippen LogP contribution < -0.4 is 4.90 Å². The van der Waals surface area contributed by atoms with E-state index in [4.69, 9.17) is 5.10 Å². The number of likely N-dealkylation sites (tertiary alicyclic amines) is 1. The summed E-state index contributed by atoms with van der Waals surface area (Å²) in [5.74, 6) is 0.215. The quantitative estimate of drug-likeness (QED) is 0.322. The number of halogens is 1. The lowest BCUT2D eigenvalue weighted by Gasteiger charge is -2.25. The molecular weight excluding hydrogens is 511 g/mol. The van der Waals surface area contributed by atoms with Crippen LogP contribution in [-0.2, 0) is 9.59 Å². The van der Waals surface area contributed by atoms with E-state index < -0.39 is 0 Å². The van der Waals surface area contributed by atoms with Gasteiger partial charge >= 0.3 is 0 Å². The van der Waals surface area contributed by atoms with E-state index in [0.29, 0.717) is 24.6 Å². The highest BCUT2D eigenvalue weighted by atomic mass is 32.2. The van der Waals surface area contributed by atoms with E-state index in [-0.39, 0.29) is 35.2 Å². The van der Waals surface area contributed by atoms with Crippen molar-refractivity contribution in [2.75, 3.05) is 30.3 Å². The van der Waals surface area contributed by atoms with E-state index in [1.165, 1.54) is 12.1 Å². The van der Waals surface area contributed by atoms with Crippen LogP contribution in [-0.4, -0.2) is 51.9 Å². The van der Waals surface area contributed by atoms with Crippen LogP contribution >= 0.6 is 11.8 Å². The van der Waals surface area contributed by atoms with E-state index in [9.17, 15) is 14.0 Å². The number of hydrogen-bond donors (Lipinski definition) is 0. The highest BCUT2D eigenvalue weighted by molar-refractivity contribution is 8.00. The fraction of sp³-hybridized carbons (Fsp3) is 0.258. The van der Waals surface area contributed by atoms with Gasteiger partial charge < -0.3 is 4.90 Å². The van der Waals surface area contributed by atoms with Crippen LogP contribution in [0.5, 0.6) is 0 Å². The lowest BCUT2D eigenvalue weighted by molar-refractivity contribution is -0.130. The molecule has 0 saturated carbocycles. The van der Waals surface area contributed by atoms with Gasteiger partial charge in [-0.25, -0.2) is 9.07 Å². The molecule has 1 fully saturated rings. The molecule has 1 atom stereocenters. The molecule has 2 aliphatic rings. The van der Waals surface area contributed by atoms with Crippen molar-refractivity contribution < 1.29 is 14.0 Å². The largest absolute Gasteiger partial charge is 0.341 e. The minimum absolute atomic E-state index is 0.0615. The van der Waals surface area contributed by atoms with Gasteiger partial charge in [-0.1, -0.05) is 54.6 Å². The van der Waals surface area contributed by atoms with Crippen LogP contribution in [0.4, 0.5) is 10.2 Å². The first-order valence-corrected chi connectivity index (χ1v) is 14.3. The van der Waals surface area contributed by atoms with E-state index in [0.717, 1.165) is 40.8 Å². The number of carbonyl (C=O) groups excluding carboxylic acids is 2. The standard InChI is InChI=1S/C31H29FN4O2S/c1-21-9-5-6-12-25(21)30-28-29(22-10-3-2-4-11-22)33-36(24-15-13-23(32)14-16-24)31(28)35(27(38)20-39-30)19-26(37)34-17-7-8-18-34/h2-6,9-16,30H,7-8,17-20H2,1H3. The van der Waals surface area contributed by atoms with Crippen LogP contribution in [0.1, 0.15) is 34.8 Å². The monoisotopic (exact) mass is 540 g/mol. The van der Waals surface area contributed by atoms with Crippen molar-refractivity contribution >= 4 is 29.4 Å². The summed E-state index contributed by atoms with van der Waals surface area (Å²) in [4.78, 5) is 30.6. The zero-order valence-electron chi connectivity index (χ0n) is 21.7. The molecule has 0 radical (unpaired) electrons. The van der Waals surface area contributed by atoms with Gasteiger partial charge in [0.25, 0.3) is 0 Å². The first-order valence-electron chi connectivity index (χ1n) is 13.2. The average Bonchev–Trinajstić information content (AvgIpc) is 3.60. The molecule has 6 rings (SSSR count). The predicted molar refractivity (Wildman–Crippen MR) is 153 cm³/mol. The summed E-state index contributed by atoms with van der Waals surface area (Å²) in [6.45, 7) is 3.43. The SMILES string of the molecule is Cc1ccccc1C1SCC(=O)N(CC(=O)N2CCCC2)c2c1c(-c1ccccc1)nn2-c1ccc(F)cc1. The Labute approximate surface area is 231 Å². The van der Waals surface area contributed by atoms with Crippen molar-refractivity contribution in [1.29, 1.82) is 0 Å². The molecule has 198 valence electrons. The number of hydrogen-bond acceptors (Lipinski definition) is 4. The van der Waals surface area contributed by atoms with Crippen molar-refractivity contribution in [3.8, 4) is 16.9 Å². The van der Waals surface area contributed by atoms with E-state index in [1.54, 1.807) is 33.5 Å². The maximum absolute atomic E-state index is 13.9. The number of anilines is 1. The summed E-state index contributed by atoms with van der Waals surface area (Å²) < 4.78 is 15.7. The molecule has 3 heterocycles. The molecule has 39 heavy (non-hydrogen) atoms. The molecule has 1 aromatic heterocycles. The van der Waals surface area contributed by atoms with Crippen molar-refractivity contribution in [3.05, 3.63) is 101 Å². The Morgan fingerprint density at radius 3 is 2.38 bits per heavy atom. The molecule has 0 aliphatic carbocycles. The lowest BCUT2D eigenvalue weighted by Crippen LogP contribution is -2.43. The van der Waals surface area contributed by atoms with Gasteiger partial charge in [0.1, 0.15) is 18.2 Å². The molecular formula is C31H29FN4O2S. The van der Waals surface area contributed by atoms with Gasteiger partial charge in [0.05, 0.1) is 22.4 Å². The topological polar surface area (TPSA) is 58.4 Å². The lowest BCUT2D eigenvalue weighted by atomic mass is 9.97. The maximum Gasteiger partial charge on any atom is 0.242 e. The van der Waals surface area contributed by atoms with Crippen molar-refractivity contribution in [1.82, 2.24) is 14.7 Å². The normalized spacial score (nSPS) is 17.3. The molecule has 0 bridgehead atoms. The Bertz CT molecular complexity index is 1510. The second kappa shape index (κ2) is 10.7. The minimum atomic E-state index is -0.356. The van der Waals surface area contributed by atoms with Gasteiger partial charge in [-0.2, -0.15) is 5.10 Å². The molecule has 8 heteroatoms. The van der Waals surface area contributed by atoms with Gasteiger partial charge in [-0.05, 0) is 55.2 Å². The molecule has 2 aliphatic heterocycles. The van der Waals surface area contributed by atoms with Gasteiger partial charge in [-0.15, -0.1) is 11.8 Å². The number of benzene rings is 3. The summed E-state index contributed by atoms with van der Waals surface area (Å²) in [6.07, 6.45) is 1.95. The highest BCUT2D eigenvalue weighted by Crippen LogP contribution is 2.49. The van der Waals surface area contributed by atoms with E-state index in [2.05, 4.69) is 19.1 Å². The molecule has 0 N–H and O–H groups in total. The van der Waals surface area contributed by atoms with Gasteiger partial charge in [-0.3, -0.25) is 14.5 Å². The minimum Gasteiger partial charge on any atom is -0.341 e. The number of aromatic nitrogens is 2. The van der Waals surface area contributed by atoms with Gasteiger partial charge in [0.15, 0.2) is 0 Å². The van der Waals surface area contributed by atoms with Gasteiger partial charge in [0, 0.05) is 24.2 Å². The van der Waals surface area contributed by atoms with Crippen LogP contribution in [0.2, 0.25) is 0 Å². The number of nitrogens with zero attached hydrogens (tertiary/aromatic N) is 4. The Hall–Kier alpha value is -3.91. The first-order chi connectivity index (χ1) is 19.0. The molecule has 2 amide bonds. The fourth-order valence-corrected chi connectivity index (χ4v) is 6.71. The zero-order chi connectivity index (χ0) is 26.9. The molecule has 3 aromatic carbocycles. The third-order valence-electron chi connectivity index (χ3n) is 7.43. The summed E-state index contributed by atoms with van der Waals surface area (Å²) >= 11 is 1.56. The van der Waals surface area contributed by atoms with Crippen molar-refractivity contribution in [3.63, 3.8) is 0 Å². The Morgan fingerprint density at radius 2 is 1.67 bits per heavy atom. The van der Waals surface area contributed by atoms with Crippen LogP contribution in [0, 0.1) is 12.7 Å². The third-order valence-corrected chi connectivity index (χ3v) is 8.67. The highest BCUT2D eigenvalue weighted by Gasteiger charge is 2.38. The maximum atomic E-state index is 13.9. The Kier molecular flexibility index (Phi) is 6.95. The average molecular weight is 541 g/mol. The molecule has 4 aromatic rings. The van der Waals surface area contributed by atoms with Gasteiger partial charge in [0.2, 0.25) is 11.8 Å². The molecule has 6 nitrogen and oxygen atoms in total. The Morgan fingerprint density at radius 1 is 0.974 bits per heavy atom. The van der Waals surface area contributed by atoms with Crippen LogP contribution in [0.15, 0.2) is 78.9 Å². The van der Waals surface area contributed by atoms with Crippen molar-refractivity contribution in [2.24, 2.45) is 0 Å². The molecule has 0 spiro atoms. The number of carbonyl (C=O) groups is 2. The number of thioether (sulfide) groups is 1. The Balaban J connectivity index is 1.61. The summed E-state index contributed by atoms with van der Waals surface area (Å²) in [6, 6.07) is 24.2. The predicted octanol–water partition coefficient (Wildman–Crippen LogP) is 5.78. The van der Waals surface area contributed by atoms with Crippen LogP contribution in [0.25, 0.3) is 16.9 Å². The van der Waals surface area contributed by atoms with Crippen molar-refractivity contribution in [2.45, 2.75) is 25.0 Å². The van der Waals surface area contributed by atoms with E-state index in [1.807, 2.05) is 47.4 Å². The molecule has 1 unspecified atom stereocenters. The fourth-order valence-electron chi connectivity index (χ4n) is 5.42. The number of rotatable bonds is 5. The smallest absolute Gasteiger partial charge is 0.242 e. The summed E-state index contributed by atoms with van der Waals surface area (Å²) in [7, 11) is 0. The number of amides is 2. The first kappa shape index (κ1) is 25.4. The number of fused-ring (bicyclic) bond motifs is 1.